The molecule has 0 spiro atoms. The average molecular weight is 473 g/mol. The largest absolute Gasteiger partial charge is 0.416 e. The van der Waals surface area contributed by atoms with E-state index in [1.54, 1.807) is 14.2 Å². The molecular formula is C17H27F3IN3O. The summed E-state index contributed by atoms with van der Waals surface area (Å²) in [6.07, 6.45) is -1.19. The van der Waals surface area contributed by atoms with E-state index in [1.807, 2.05) is 11.9 Å². The number of methoxy groups -OCH3 is 1. The first-order chi connectivity index (χ1) is 11.4. The third-order valence-electron chi connectivity index (χ3n) is 3.58. The van der Waals surface area contributed by atoms with Crippen molar-refractivity contribution in [1.82, 2.24) is 10.2 Å². The van der Waals surface area contributed by atoms with Gasteiger partial charge in [0, 0.05) is 40.9 Å². The Morgan fingerprint density at radius 1 is 1.16 bits per heavy atom. The maximum absolute atomic E-state index is 12.6. The first-order valence-electron chi connectivity index (χ1n) is 7.95. The van der Waals surface area contributed by atoms with Crippen LogP contribution >= 0.6 is 24.0 Å². The molecule has 4 nitrogen and oxygen atoms in total. The van der Waals surface area contributed by atoms with Crippen LogP contribution < -0.4 is 5.32 Å². The van der Waals surface area contributed by atoms with Crippen LogP contribution in [0.3, 0.4) is 0 Å². The van der Waals surface area contributed by atoms with E-state index in [2.05, 4.69) is 10.3 Å². The molecule has 1 aromatic rings. The summed E-state index contributed by atoms with van der Waals surface area (Å²) in [5, 5.41) is 3.26. The number of ether oxygens (including phenoxy) is 1. The van der Waals surface area contributed by atoms with Crippen molar-refractivity contribution < 1.29 is 17.9 Å². The Bertz CT molecular complexity index is 507. The van der Waals surface area contributed by atoms with Gasteiger partial charge in [0.05, 0.1) is 5.56 Å². The van der Waals surface area contributed by atoms with Gasteiger partial charge in [-0.1, -0.05) is 12.1 Å². The van der Waals surface area contributed by atoms with Gasteiger partial charge >= 0.3 is 6.18 Å². The summed E-state index contributed by atoms with van der Waals surface area (Å²) in [6.45, 7) is 2.05. The average Bonchev–Trinajstić information content (AvgIpc) is 2.54. The Morgan fingerprint density at radius 3 is 2.32 bits per heavy atom. The van der Waals surface area contributed by atoms with Gasteiger partial charge in [-0.05, 0) is 37.0 Å². The Kier molecular flexibility index (Phi) is 11.8. The minimum atomic E-state index is -4.30. The predicted octanol–water partition coefficient (Wildman–Crippen LogP) is 4.15. The van der Waals surface area contributed by atoms with Gasteiger partial charge in [0.25, 0.3) is 0 Å². The number of unbranched alkanes of at least 4 members (excludes halogenated alkanes) is 2. The molecule has 1 rings (SSSR count). The zero-order valence-electron chi connectivity index (χ0n) is 14.9. The Morgan fingerprint density at radius 2 is 1.80 bits per heavy atom. The van der Waals surface area contributed by atoms with Gasteiger partial charge in [0.2, 0.25) is 0 Å². The molecule has 0 saturated carbocycles. The van der Waals surface area contributed by atoms with Crippen LogP contribution in [0, 0.1) is 0 Å². The van der Waals surface area contributed by atoms with Crippen LogP contribution in [0.4, 0.5) is 13.2 Å². The van der Waals surface area contributed by atoms with Crippen LogP contribution in [0.1, 0.15) is 30.4 Å². The van der Waals surface area contributed by atoms with Crippen LogP contribution in [0.15, 0.2) is 29.3 Å². The highest BCUT2D eigenvalue weighted by Gasteiger charge is 2.29. The molecule has 0 aliphatic heterocycles. The molecule has 1 N–H and O–H groups in total. The fraction of sp³-hybridized carbons (Fsp3) is 0.588. The lowest BCUT2D eigenvalue weighted by Crippen LogP contribution is -2.38. The van der Waals surface area contributed by atoms with Crippen LogP contribution in [0.25, 0.3) is 0 Å². The zero-order chi connectivity index (χ0) is 18.0. The van der Waals surface area contributed by atoms with Crippen molar-refractivity contribution in [3.05, 3.63) is 35.4 Å². The number of nitrogens with zero attached hydrogens (tertiary/aromatic N) is 2. The summed E-state index contributed by atoms with van der Waals surface area (Å²) >= 11 is 0. The molecule has 1 aromatic carbocycles. The fourth-order valence-corrected chi connectivity index (χ4v) is 2.28. The van der Waals surface area contributed by atoms with Crippen molar-refractivity contribution in [2.24, 2.45) is 4.99 Å². The van der Waals surface area contributed by atoms with E-state index >= 15 is 0 Å². The fourth-order valence-electron chi connectivity index (χ4n) is 2.28. The van der Waals surface area contributed by atoms with E-state index in [4.69, 9.17) is 4.74 Å². The molecule has 0 radical (unpaired) electrons. The van der Waals surface area contributed by atoms with E-state index in [0.717, 1.165) is 56.1 Å². The van der Waals surface area contributed by atoms with Crippen molar-refractivity contribution >= 4 is 29.9 Å². The highest BCUT2D eigenvalue weighted by Crippen LogP contribution is 2.29. The summed E-state index contributed by atoms with van der Waals surface area (Å²) in [5.74, 6) is 0.724. The molecule has 0 fully saturated rings. The molecule has 0 saturated heterocycles. The highest BCUT2D eigenvalue weighted by atomic mass is 127. The van der Waals surface area contributed by atoms with Crippen molar-refractivity contribution in [3.63, 3.8) is 0 Å². The van der Waals surface area contributed by atoms with Crippen LogP contribution in [-0.2, 0) is 17.5 Å². The molecule has 25 heavy (non-hydrogen) atoms. The quantitative estimate of drug-likeness (QED) is 0.267. The van der Waals surface area contributed by atoms with Crippen molar-refractivity contribution in [2.45, 2.75) is 32.0 Å². The number of halogens is 4. The van der Waals surface area contributed by atoms with Crippen LogP contribution in [-0.4, -0.2) is 45.2 Å². The molecule has 144 valence electrons. The number of hydrogen-bond acceptors (Lipinski definition) is 2. The van der Waals surface area contributed by atoms with Gasteiger partial charge in [0.1, 0.15) is 0 Å². The van der Waals surface area contributed by atoms with Gasteiger partial charge < -0.3 is 15.0 Å². The smallest absolute Gasteiger partial charge is 0.385 e. The molecule has 0 aromatic heterocycles. The Labute approximate surface area is 164 Å². The van der Waals surface area contributed by atoms with Gasteiger partial charge in [-0.25, -0.2) is 0 Å². The normalized spacial score (nSPS) is 11.8. The van der Waals surface area contributed by atoms with E-state index in [0.29, 0.717) is 6.54 Å². The van der Waals surface area contributed by atoms with E-state index in [1.165, 1.54) is 12.1 Å². The first-order valence-corrected chi connectivity index (χ1v) is 7.95. The molecule has 0 atom stereocenters. The molecule has 0 aliphatic carbocycles. The number of aliphatic imine (C=N–C) groups is 1. The first kappa shape index (κ1) is 24.0. The number of guanidine groups is 1. The molecule has 8 heteroatoms. The SMILES string of the molecule is CN=C(NCCCCCOC)N(C)Cc1ccc(C(F)(F)F)cc1.I. The summed E-state index contributed by atoms with van der Waals surface area (Å²) in [4.78, 5) is 6.09. The summed E-state index contributed by atoms with van der Waals surface area (Å²) in [6, 6.07) is 5.21. The minimum Gasteiger partial charge on any atom is -0.385 e. The number of rotatable bonds is 8. The standard InChI is InChI=1S/C17H26F3N3O.HI/c1-21-16(22-11-5-4-6-12-24-3)23(2)13-14-7-9-15(10-8-14)17(18,19)20;/h7-10H,4-6,11-13H2,1-3H3,(H,21,22);1H. The lowest BCUT2D eigenvalue weighted by molar-refractivity contribution is -0.137. The second-order valence-corrected chi connectivity index (χ2v) is 5.58. The highest BCUT2D eigenvalue weighted by molar-refractivity contribution is 14.0. The Hall–Kier alpha value is -1.03. The van der Waals surface area contributed by atoms with Crippen LogP contribution in [0.5, 0.6) is 0 Å². The Balaban J connectivity index is 0.00000576. The van der Waals surface area contributed by atoms with Gasteiger partial charge in [-0.2, -0.15) is 13.2 Å². The lowest BCUT2D eigenvalue weighted by Gasteiger charge is -2.22. The second-order valence-electron chi connectivity index (χ2n) is 5.58. The van der Waals surface area contributed by atoms with Crippen molar-refractivity contribution in [3.8, 4) is 0 Å². The van der Waals surface area contributed by atoms with Crippen molar-refractivity contribution in [2.75, 3.05) is 34.4 Å². The lowest BCUT2D eigenvalue weighted by atomic mass is 10.1. The number of benzene rings is 1. The van der Waals surface area contributed by atoms with E-state index in [-0.39, 0.29) is 24.0 Å². The molecule has 0 aliphatic rings. The van der Waals surface area contributed by atoms with Crippen molar-refractivity contribution in [1.29, 1.82) is 0 Å². The maximum atomic E-state index is 12.6. The van der Waals surface area contributed by atoms with Crippen LogP contribution in [0.2, 0.25) is 0 Å². The summed E-state index contributed by atoms with van der Waals surface area (Å²) in [5.41, 5.74) is 0.168. The number of alkyl halides is 3. The molecule has 0 unspecified atom stereocenters. The molecule has 0 amide bonds. The minimum absolute atomic E-state index is 0. The number of nitrogens with one attached hydrogen (secondary N) is 1. The monoisotopic (exact) mass is 473 g/mol. The predicted molar refractivity (Wildman–Crippen MR) is 105 cm³/mol. The van der Waals surface area contributed by atoms with Gasteiger partial charge in [-0.3, -0.25) is 4.99 Å². The van der Waals surface area contributed by atoms with E-state index in [9.17, 15) is 13.2 Å². The molecule has 0 bridgehead atoms. The van der Waals surface area contributed by atoms with Gasteiger partial charge in [0.15, 0.2) is 5.96 Å². The third-order valence-corrected chi connectivity index (χ3v) is 3.58. The topological polar surface area (TPSA) is 36.9 Å². The number of hydrogen-bond donors (Lipinski definition) is 1. The van der Waals surface area contributed by atoms with E-state index < -0.39 is 11.7 Å². The maximum Gasteiger partial charge on any atom is 0.416 e. The molecular weight excluding hydrogens is 446 g/mol. The summed E-state index contributed by atoms with van der Waals surface area (Å²) < 4.78 is 42.7. The summed E-state index contributed by atoms with van der Waals surface area (Å²) in [7, 11) is 5.24. The second kappa shape index (κ2) is 12.3. The molecule has 0 heterocycles. The third kappa shape index (κ3) is 9.29. The van der Waals surface area contributed by atoms with Gasteiger partial charge in [-0.15, -0.1) is 24.0 Å². The zero-order valence-corrected chi connectivity index (χ0v) is 17.2.